The van der Waals surface area contributed by atoms with Crippen molar-refractivity contribution < 1.29 is 23.5 Å². The summed E-state index contributed by atoms with van der Waals surface area (Å²) in [5.41, 5.74) is 0.749. The molecule has 1 aromatic rings. The number of ether oxygens (including phenoxy) is 2. The van der Waals surface area contributed by atoms with Gasteiger partial charge < -0.3 is 9.47 Å². The first kappa shape index (κ1) is 16.6. The Morgan fingerprint density at radius 1 is 1.20 bits per heavy atom. The van der Waals surface area contributed by atoms with Gasteiger partial charge in [0.25, 0.3) is 0 Å². The number of nitrogens with zero attached hydrogens (tertiary/aromatic N) is 1. The van der Waals surface area contributed by atoms with Gasteiger partial charge in [-0.1, -0.05) is 22.0 Å². The number of hydrogen-bond donors (Lipinski definition) is 0. The van der Waals surface area contributed by atoms with Crippen molar-refractivity contribution >= 4 is 27.9 Å². The Kier molecular flexibility index (Phi) is 6.60. The molecule has 0 bridgehead atoms. The van der Waals surface area contributed by atoms with E-state index >= 15 is 0 Å². The minimum atomic E-state index is -0.466. The van der Waals surface area contributed by atoms with Gasteiger partial charge in [-0.2, -0.15) is 0 Å². The van der Waals surface area contributed by atoms with Gasteiger partial charge in [0.2, 0.25) is 0 Å². The smallest absolute Gasteiger partial charge is 0.319 e. The lowest BCUT2D eigenvalue weighted by Crippen LogP contribution is -2.35. The summed E-state index contributed by atoms with van der Waals surface area (Å²) in [7, 11) is 2.54. The molecule has 0 fully saturated rings. The lowest BCUT2D eigenvalue weighted by atomic mass is 10.2. The second-order valence-electron chi connectivity index (χ2n) is 4.03. The lowest BCUT2D eigenvalue weighted by Gasteiger charge is -2.20. The van der Waals surface area contributed by atoms with Crippen molar-refractivity contribution in [3.05, 3.63) is 34.1 Å². The van der Waals surface area contributed by atoms with Gasteiger partial charge in [-0.15, -0.1) is 0 Å². The van der Waals surface area contributed by atoms with E-state index in [2.05, 4.69) is 25.4 Å². The van der Waals surface area contributed by atoms with E-state index in [1.807, 2.05) is 0 Å². The maximum Gasteiger partial charge on any atom is 0.319 e. The van der Waals surface area contributed by atoms with Crippen molar-refractivity contribution in [3.8, 4) is 0 Å². The molecule has 5 nitrogen and oxygen atoms in total. The van der Waals surface area contributed by atoms with Crippen molar-refractivity contribution in [1.29, 1.82) is 0 Å². The molecule has 7 heteroatoms. The first-order valence-electron chi connectivity index (χ1n) is 5.76. The van der Waals surface area contributed by atoms with E-state index in [0.29, 0.717) is 4.47 Å². The van der Waals surface area contributed by atoms with Gasteiger partial charge >= 0.3 is 11.9 Å². The zero-order valence-electron chi connectivity index (χ0n) is 11.2. The van der Waals surface area contributed by atoms with Gasteiger partial charge in [0, 0.05) is 11.0 Å². The number of esters is 2. The van der Waals surface area contributed by atoms with Crippen LogP contribution in [0.5, 0.6) is 0 Å². The molecule has 0 saturated carbocycles. The van der Waals surface area contributed by atoms with E-state index in [0.717, 1.165) is 5.56 Å². The lowest BCUT2D eigenvalue weighted by molar-refractivity contribution is -0.145. The molecule has 1 aromatic carbocycles. The maximum absolute atomic E-state index is 13.0. The van der Waals surface area contributed by atoms with E-state index in [4.69, 9.17) is 0 Å². The van der Waals surface area contributed by atoms with Gasteiger partial charge in [0.05, 0.1) is 27.3 Å². The van der Waals surface area contributed by atoms with Crippen molar-refractivity contribution in [3.63, 3.8) is 0 Å². The monoisotopic (exact) mass is 347 g/mol. The summed E-state index contributed by atoms with van der Waals surface area (Å²) in [6.07, 6.45) is 0. The zero-order valence-corrected chi connectivity index (χ0v) is 12.8. The highest BCUT2D eigenvalue weighted by molar-refractivity contribution is 9.10. The Bertz CT molecular complexity index is 477. The summed E-state index contributed by atoms with van der Waals surface area (Å²) >= 11 is 3.24. The van der Waals surface area contributed by atoms with Gasteiger partial charge in [0.15, 0.2) is 0 Å². The summed E-state index contributed by atoms with van der Waals surface area (Å²) in [4.78, 5) is 24.2. The number of halogens is 2. The van der Waals surface area contributed by atoms with Gasteiger partial charge in [-0.3, -0.25) is 14.5 Å². The van der Waals surface area contributed by atoms with Gasteiger partial charge in [-0.05, 0) is 17.7 Å². The summed E-state index contributed by atoms with van der Waals surface area (Å²) in [6.45, 7) is 0.163. The molecule has 0 aliphatic carbocycles. The average molecular weight is 348 g/mol. The molecular weight excluding hydrogens is 333 g/mol. The number of methoxy groups -OCH3 is 2. The van der Waals surface area contributed by atoms with Crippen LogP contribution in [0.15, 0.2) is 22.7 Å². The van der Waals surface area contributed by atoms with Gasteiger partial charge in [0.1, 0.15) is 5.82 Å². The Morgan fingerprint density at radius 3 is 2.20 bits per heavy atom. The molecule has 0 amide bonds. The summed E-state index contributed by atoms with van der Waals surface area (Å²) in [5, 5.41) is 0. The van der Waals surface area contributed by atoms with E-state index in [-0.39, 0.29) is 25.5 Å². The van der Waals surface area contributed by atoms with Crippen molar-refractivity contribution in [2.45, 2.75) is 6.54 Å². The van der Waals surface area contributed by atoms with Crippen molar-refractivity contribution in [2.24, 2.45) is 0 Å². The Balaban J connectivity index is 2.81. The fourth-order valence-electron chi connectivity index (χ4n) is 1.55. The molecule has 0 aromatic heterocycles. The molecule has 0 N–H and O–H groups in total. The number of carbonyl (C=O) groups is 2. The highest BCUT2D eigenvalue weighted by Gasteiger charge is 2.17. The topological polar surface area (TPSA) is 55.8 Å². The van der Waals surface area contributed by atoms with Crippen LogP contribution < -0.4 is 0 Å². The van der Waals surface area contributed by atoms with Gasteiger partial charge in [-0.25, -0.2) is 4.39 Å². The summed E-state index contributed by atoms with van der Waals surface area (Å²) in [5.74, 6) is -1.30. The molecular formula is C13H15BrFNO4. The Labute approximate surface area is 124 Å². The fraction of sp³-hybridized carbons (Fsp3) is 0.385. The predicted octanol–water partition coefficient (Wildman–Crippen LogP) is 1.74. The molecule has 20 heavy (non-hydrogen) atoms. The van der Waals surface area contributed by atoms with Crippen molar-refractivity contribution in [2.75, 3.05) is 27.3 Å². The number of rotatable bonds is 6. The van der Waals surface area contributed by atoms with Crippen LogP contribution in [0.4, 0.5) is 4.39 Å². The molecule has 110 valence electrons. The van der Waals surface area contributed by atoms with Crippen LogP contribution in [-0.4, -0.2) is 44.1 Å². The highest BCUT2D eigenvalue weighted by Crippen LogP contribution is 2.19. The van der Waals surface area contributed by atoms with E-state index in [9.17, 15) is 14.0 Å². The first-order valence-corrected chi connectivity index (χ1v) is 6.55. The average Bonchev–Trinajstić information content (AvgIpc) is 2.41. The Morgan fingerprint density at radius 2 is 1.75 bits per heavy atom. The van der Waals surface area contributed by atoms with Crippen LogP contribution in [0.1, 0.15) is 5.56 Å². The summed E-state index contributed by atoms with van der Waals surface area (Å²) < 4.78 is 22.7. The molecule has 0 unspecified atom stereocenters. The van der Waals surface area contributed by atoms with E-state index in [1.165, 1.54) is 26.4 Å². The van der Waals surface area contributed by atoms with Crippen LogP contribution >= 0.6 is 15.9 Å². The molecule has 1 rings (SSSR count). The molecule has 0 aliphatic heterocycles. The Hall–Kier alpha value is -1.47. The number of hydrogen-bond acceptors (Lipinski definition) is 5. The largest absolute Gasteiger partial charge is 0.468 e. The minimum Gasteiger partial charge on any atom is -0.468 e. The van der Waals surface area contributed by atoms with E-state index < -0.39 is 11.9 Å². The first-order chi connectivity index (χ1) is 9.46. The molecule has 0 aliphatic rings. The minimum absolute atomic E-state index is 0.0601. The fourth-order valence-corrected chi connectivity index (χ4v) is 2.03. The number of carbonyl (C=O) groups excluding carboxylic acids is 2. The molecule has 0 radical (unpaired) electrons. The quantitative estimate of drug-likeness (QED) is 0.733. The second kappa shape index (κ2) is 7.96. The van der Waals surface area contributed by atoms with Crippen LogP contribution in [0, 0.1) is 5.82 Å². The van der Waals surface area contributed by atoms with E-state index in [1.54, 1.807) is 11.0 Å². The zero-order chi connectivity index (χ0) is 15.1. The standard InChI is InChI=1S/C13H15BrFNO4/c1-19-12(17)7-16(8-13(18)20-2)6-9-3-4-10(15)5-11(9)14/h3-5H,6-8H2,1-2H3. The van der Waals surface area contributed by atoms with Crippen LogP contribution in [-0.2, 0) is 25.6 Å². The van der Waals surface area contributed by atoms with Crippen LogP contribution in [0.3, 0.4) is 0 Å². The third kappa shape index (κ3) is 5.26. The molecule has 0 atom stereocenters. The van der Waals surface area contributed by atoms with Crippen molar-refractivity contribution in [1.82, 2.24) is 4.90 Å². The predicted molar refractivity (Wildman–Crippen MR) is 73.4 cm³/mol. The summed E-state index contributed by atoms with van der Waals surface area (Å²) in [6, 6.07) is 4.22. The third-order valence-electron chi connectivity index (χ3n) is 2.57. The second-order valence-corrected chi connectivity index (χ2v) is 4.89. The maximum atomic E-state index is 13.0. The normalized spacial score (nSPS) is 10.4. The molecule has 0 saturated heterocycles. The molecule has 0 heterocycles. The van der Waals surface area contributed by atoms with Crippen LogP contribution in [0.2, 0.25) is 0 Å². The SMILES string of the molecule is COC(=O)CN(CC(=O)OC)Cc1ccc(F)cc1Br. The van der Waals surface area contributed by atoms with Crippen LogP contribution in [0.25, 0.3) is 0 Å². The highest BCUT2D eigenvalue weighted by atomic mass is 79.9. The number of benzene rings is 1. The third-order valence-corrected chi connectivity index (χ3v) is 3.31. The molecule has 0 spiro atoms.